The van der Waals surface area contributed by atoms with E-state index in [4.69, 9.17) is 9.84 Å². The van der Waals surface area contributed by atoms with E-state index >= 15 is 0 Å². The Balaban J connectivity index is 4.13. The fourth-order valence-corrected chi connectivity index (χ4v) is 4.10. The Morgan fingerprint density at radius 2 is 0.967 bits per heavy atom. The minimum atomic E-state index is -1.11. The first kappa shape index (κ1) is 28.9. The maximum Gasteiger partial charge on any atom is 0.317 e. The minimum Gasteiger partial charge on any atom is -0.481 e. The molecule has 30 heavy (non-hydrogen) atoms. The highest BCUT2D eigenvalue weighted by atomic mass is 16.6. The molecule has 0 spiro atoms. The maximum absolute atomic E-state index is 12.0. The SMILES string of the molecule is CCCCCCCCCCCCC(C)(CCCCCCCCC)OC(=O)CC(=O)O. The van der Waals surface area contributed by atoms with Gasteiger partial charge in [-0.1, -0.05) is 110 Å². The van der Waals surface area contributed by atoms with Crippen LogP contribution < -0.4 is 0 Å². The summed E-state index contributed by atoms with van der Waals surface area (Å²) in [5, 5.41) is 8.86. The molecule has 0 aromatic rings. The van der Waals surface area contributed by atoms with Gasteiger partial charge in [-0.05, 0) is 32.6 Å². The van der Waals surface area contributed by atoms with E-state index in [-0.39, 0.29) is 0 Å². The van der Waals surface area contributed by atoms with Crippen molar-refractivity contribution >= 4 is 11.9 Å². The highest BCUT2D eigenvalue weighted by Crippen LogP contribution is 2.27. The molecule has 0 aliphatic carbocycles. The second-order valence-corrected chi connectivity index (χ2v) is 9.30. The molecule has 0 aromatic heterocycles. The van der Waals surface area contributed by atoms with Crippen molar-refractivity contribution in [1.29, 1.82) is 0 Å². The van der Waals surface area contributed by atoms with Crippen molar-refractivity contribution in [2.45, 2.75) is 155 Å². The van der Waals surface area contributed by atoms with Gasteiger partial charge in [-0.3, -0.25) is 9.59 Å². The summed E-state index contributed by atoms with van der Waals surface area (Å²) in [7, 11) is 0. The highest BCUT2D eigenvalue weighted by molar-refractivity contribution is 5.90. The molecule has 0 fully saturated rings. The number of carboxylic acid groups (broad SMARTS) is 1. The van der Waals surface area contributed by atoms with Crippen LogP contribution in [0.1, 0.15) is 149 Å². The molecule has 0 saturated heterocycles. The van der Waals surface area contributed by atoms with Crippen molar-refractivity contribution in [3.05, 3.63) is 0 Å². The average Bonchev–Trinajstić information content (AvgIpc) is 2.68. The zero-order chi connectivity index (χ0) is 22.5. The second-order valence-electron chi connectivity index (χ2n) is 9.30. The number of carbonyl (C=O) groups excluding carboxylic acids is 1. The van der Waals surface area contributed by atoms with Crippen LogP contribution in [0.15, 0.2) is 0 Å². The van der Waals surface area contributed by atoms with E-state index in [0.29, 0.717) is 0 Å². The largest absolute Gasteiger partial charge is 0.481 e. The normalized spacial score (nSPS) is 13.2. The third kappa shape index (κ3) is 18.9. The lowest BCUT2D eigenvalue weighted by atomic mass is 9.91. The zero-order valence-electron chi connectivity index (χ0n) is 20.3. The first-order valence-corrected chi connectivity index (χ1v) is 12.9. The van der Waals surface area contributed by atoms with Crippen LogP contribution >= 0.6 is 0 Å². The van der Waals surface area contributed by atoms with E-state index in [9.17, 15) is 9.59 Å². The van der Waals surface area contributed by atoms with Gasteiger partial charge in [0.1, 0.15) is 12.0 Å². The molecule has 4 nitrogen and oxygen atoms in total. The molecule has 0 aliphatic heterocycles. The summed E-state index contributed by atoms with van der Waals surface area (Å²) < 4.78 is 5.66. The Kier molecular flexibility index (Phi) is 19.2. The fraction of sp³-hybridized carbons (Fsp3) is 0.923. The Labute approximate surface area is 186 Å². The lowest BCUT2D eigenvalue weighted by molar-refractivity contribution is -0.163. The van der Waals surface area contributed by atoms with E-state index in [0.717, 1.165) is 38.5 Å². The van der Waals surface area contributed by atoms with Crippen molar-refractivity contribution in [3.8, 4) is 0 Å². The summed E-state index contributed by atoms with van der Waals surface area (Å²) in [4.78, 5) is 22.8. The summed E-state index contributed by atoms with van der Waals surface area (Å²) in [6.07, 6.45) is 22.5. The molecule has 0 heterocycles. The van der Waals surface area contributed by atoms with Gasteiger partial charge in [-0.25, -0.2) is 0 Å². The summed E-state index contributed by atoms with van der Waals surface area (Å²) in [5.41, 5.74) is -0.518. The molecule has 0 aromatic carbocycles. The number of aliphatic carboxylic acids is 1. The summed E-state index contributed by atoms with van der Waals surface area (Å²) in [5.74, 6) is -1.71. The molecule has 0 radical (unpaired) electrons. The number of unbranched alkanes of at least 4 members (excludes halogenated alkanes) is 15. The number of rotatable bonds is 22. The zero-order valence-corrected chi connectivity index (χ0v) is 20.3. The van der Waals surface area contributed by atoms with Gasteiger partial charge >= 0.3 is 11.9 Å². The van der Waals surface area contributed by atoms with E-state index in [2.05, 4.69) is 13.8 Å². The van der Waals surface area contributed by atoms with Gasteiger partial charge in [0.15, 0.2) is 0 Å². The van der Waals surface area contributed by atoms with Crippen molar-refractivity contribution in [2.24, 2.45) is 0 Å². The van der Waals surface area contributed by atoms with E-state index in [1.165, 1.54) is 83.5 Å². The fourth-order valence-electron chi connectivity index (χ4n) is 4.10. The number of ether oxygens (including phenoxy) is 1. The number of carbonyl (C=O) groups is 2. The molecule has 1 unspecified atom stereocenters. The first-order chi connectivity index (χ1) is 14.4. The molecular weight excluding hydrogens is 376 g/mol. The third-order valence-electron chi connectivity index (χ3n) is 6.02. The number of esters is 1. The van der Waals surface area contributed by atoms with Crippen LogP contribution in [-0.4, -0.2) is 22.6 Å². The van der Waals surface area contributed by atoms with E-state index in [1.54, 1.807) is 0 Å². The number of hydrogen-bond acceptors (Lipinski definition) is 3. The predicted octanol–water partition coefficient (Wildman–Crippen LogP) is 8.21. The molecule has 1 N–H and O–H groups in total. The molecule has 1 atom stereocenters. The Morgan fingerprint density at radius 1 is 0.633 bits per heavy atom. The molecule has 0 aliphatic rings. The van der Waals surface area contributed by atoms with Crippen molar-refractivity contribution in [3.63, 3.8) is 0 Å². The smallest absolute Gasteiger partial charge is 0.317 e. The van der Waals surface area contributed by atoms with Gasteiger partial charge in [0.25, 0.3) is 0 Å². The van der Waals surface area contributed by atoms with Crippen LogP contribution in [0.5, 0.6) is 0 Å². The first-order valence-electron chi connectivity index (χ1n) is 12.9. The van der Waals surface area contributed by atoms with Gasteiger partial charge in [0.2, 0.25) is 0 Å². The van der Waals surface area contributed by atoms with Gasteiger partial charge in [0, 0.05) is 0 Å². The quantitative estimate of drug-likeness (QED) is 0.108. The Morgan fingerprint density at radius 3 is 1.30 bits per heavy atom. The van der Waals surface area contributed by atoms with Crippen LogP contribution in [-0.2, 0) is 14.3 Å². The molecule has 0 saturated carbocycles. The monoisotopic (exact) mass is 426 g/mol. The molecule has 4 heteroatoms. The van der Waals surface area contributed by atoms with Crippen molar-refractivity contribution < 1.29 is 19.4 Å². The van der Waals surface area contributed by atoms with E-state index < -0.39 is 24.0 Å². The molecule has 0 amide bonds. The van der Waals surface area contributed by atoms with Crippen LogP contribution in [0.3, 0.4) is 0 Å². The maximum atomic E-state index is 12.0. The second kappa shape index (κ2) is 19.9. The Bertz CT molecular complexity index is 421. The van der Waals surface area contributed by atoms with Crippen LogP contribution in [0.2, 0.25) is 0 Å². The van der Waals surface area contributed by atoms with E-state index in [1.807, 2.05) is 6.92 Å². The molecule has 0 rings (SSSR count). The standard InChI is InChI=1S/C26H50O4/c1-4-6-8-10-12-13-14-16-18-20-22-26(3,30-25(29)23-24(27)28)21-19-17-15-11-9-7-5-2/h4-23H2,1-3H3,(H,27,28). The predicted molar refractivity (Wildman–Crippen MR) is 126 cm³/mol. The highest BCUT2D eigenvalue weighted by Gasteiger charge is 2.28. The van der Waals surface area contributed by atoms with Crippen molar-refractivity contribution in [2.75, 3.05) is 0 Å². The average molecular weight is 427 g/mol. The lowest BCUT2D eigenvalue weighted by Crippen LogP contribution is -2.32. The van der Waals surface area contributed by atoms with Crippen LogP contribution in [0.4, 0.5) is 0 Å². The molecular formula is C26H50O4. The summed E-state index contributed by atoms with van der Waals surface area (Å²) >= 11 is 0. The Hall–Kier alpha value is -1.06. The van der Waals surface area contributed by atoms with Crippen LogP contribution in [0, 0.1) is 0 Å². The van der Waals surface area contributed by atoms with Gasteiger partial charge in [-0.15, -0.1) is 0 Å². The minimum absolute atomic E-state index is 0.518. The van der Waals surface area contributed by atoms with Gasteiger partial charge < -0.3 is 9.84 Å². The summed E-state index contributed by atoms with van der Waals surface area (Å²) in [6.45, 7) is 6.47. The van der Waals surface area contributed by atoms with Gasteiger partial charge in [0.05, 0.1) is 0 Å². The van der Waals surface area contributed by atoms with Gasteiger partial charge in [-0.2, -0.15) is 0 Å². The van der Waals surface area contributed by atoms with Crippen LogP contribution in [0.25, 0.3) is 0 Å². The topological polar surface area (TPSA) is 63.6 Å². The number of hydrogen-bond donors (Lipinski definition) is 1. The third-order valence-corrected chi connectivity index (χ3v) is 6.02. The lowest BCUT2D eigenvalue weighted by Gasteiger charge is -2.30. The molecule has 0 bridgehead atoms. The summed E-state index contributed by atoms with van der Waals surface area (Å²) in [6, 6.07) is 0. The number of carboxylic acids is 1. The molecule has 178 valence electrons. The van der Waals surface area contributed by atoms with Crippen molar-refractivity contribution in [1.82, 2.24) is 0 Å².